The van der Waals surface area contributed by atoms with Crippen molar-refractivity contribution in [2.24, 2.45) is 0 Å². The van der Waals surface area contributed by atoms with Gasteiger partial charge >= 0.3 is 6.18 Å². The topological polar surface area (TPSA) is 91.8 Å². The third kappa shape index (κ3) is 2.74. The molecule has 9 heteroatoms. The van der Waals surface area contributed by atoms with E-state index in [0.717, 1.165) is 18.5 Å². The molecule has 1 amide bonds. The maximum absolute atomic E-state index is 12.7. The van der Waals surface area contributed by atoms with Gasteiger partial charge in [-0.25, -0.2) is 0 Å². The summed E-state index contributed by atoms with van der Waals surface area (Å²) < 4.78 is 42.7. The van der Waals surface area contributed by atoms with Gasteiger partial charge in [-0.2, -0.15) is 18.4 Å². The first kappa shape index (κ1) is 13.5. The van der Waals surface area contributed by atoms with E-state index in [0.29, 0.717) is 6.07 Å². The van der Waals surface area contributed by atoms with Gasteiger partial charge in [0.2, 0.25) is 5.88 Å². The summed E-state index contributed by atoms with van der Waals surface area (Å²) in [4.78, 5) is 15.2. The van der Waals surface area contributed by atoms with Crippen molar-refractivity contribution < 1.29 is 22.5 Å². The van der Waals surface area contributed by atoms with Gasteiger partial charge in [0.05, 0.1) is 11.1 Å². The van der Waals surface area contributed by atoms with Crippen LogP contribution in [0.4, 0.5) is 19.1 Å². The lowest BCUT2D eigenvalue weighted by Gasteiger charge is -2.10. The highest BCUT2D eigenvalue weighted by atomic mass is 19.4. The first-order chi connectivity index (χ1) is 9.41. The molecule has 0 spiro atoms. The Bertz CT molecular complexity index is 687. The fourth-order valence-corrected chi connectivity index (χ4v) is 1.39. The summed E-state index contributed by atoms with van der Waals surface area (Å²) in [5, 5.41) is 13.8. The summed E-state index contributed by atoms with van der Waals surface area (Å²) in [5.74, 6) is -1.30. The van der Waals surface area contributed by atoms with Crippen molar-refractivity contribution in [3.05, 3.63) is 41.3 Å². The van der Waals surface area contributed by atoms with Gasteiger partial charge in [0.15, 0.2) is 5.69 Å². The Kier molecular flexibility index (Phi) is 3.39. The highest BCUT2D eigenvalue weighted by Crippen LogP contribution is 2.31. The lowest BCUT2D eigenvalue weighted by molar-refractivity contribution is -0.138. The molecule has 0 bridgehead atoms. The maximum atomic E-state index is 12.7. The van der Waals surface area contributed by atoms with Crippen LogP contribution < -0.4 is 5.32 Å². The molecule has 20 heavy (non-hydrogen) atoms. The molecule has 0 saturated heterocycles. The second-order valence-electron chi connectivity index (χ2n) is 3.56. The Morgan fingerprint density at radius 1 is 1.45 bits per heavy atom. The number of nitrogens with one attached hydrogen (secondary N) is 1. The Labute approximate surface area is 109 Å². The molecule has 0 saturated carbocycles. The number of anilines is 1. The van der Waals surface area contributed by atoms with E-state index < -0.39 is 23.2 Å². The normalized spacial score (nSPS) is 10.9. The maximum Gasteiger partial charge on any atom is 0.417 e. The van der Waals surface area contributed by atoms with Gasteiger partial charge in [-0.3, -0.25) is 15.1 Å². The van der Waals surface area contributed by atoms with E-state index in [4.69, 9.17) is 5.26 Å². The number of pyridine rings is 1. The molecule has 0 aliphatic rings. The van der Waals surface area contributed by atoms with Crippen LogP contribution in [-0.2, 0) is 6.18 Å². The number of alkyl halides is 3. The molecule has 102 valence electrons. The van der Waals surface area contributed by atoms with E-state index >= 15 is 0 Å². The quantitative estimate of drug-likeness (QED) is 0.911. The standard InChI is InChI=1S/C11H5F3N4O2/c12-11(13,14)8-1-2-16-5-7(8)10(19)17-9-3-6(4-15)18-20-9/h1-3,5H,(H,17,19). The van der Waals surface area contributed by atoms with Gasteiger partial charge in [0.25, 0.3) is 5.91 Å². The molecular weight excluding hydrogens is 277 g/mol. The van der Waals surface area contributed by atoms with Crippen molar-refractivity contribution in [2.75, 3.05) is 5.32 Å². The number of hydrogen-bond acceptors (Lipinski definition) is 5. The molecule has 0 unspecified atom stereocenters. The van der Waals surface area contributed by atoms with Gasteiger partial charge in [0.1, 0.15) is 6.07 Å². The van der Waals surface area contributed by atoms with Crippen LogP contribution in [0.5, 0.6) is 0 Å². The third-order valence-corrected chi connectivity index (χ3v) is 2.23. The van der Waals surface area contributed by atoms with Gasteiger partial charge < -0.3 is 4.52 Å². The summed E-state index contributed by atoms with van der Waals surface area (Å²) in [5.41, 5.74) is -1.89. The number of nitrogens with zero attached hydrogens (tertiary/aromatic N) is 3. The molecule has 0 aliphatic carbocycles. The first-order valence-electron chi connectivity index (χ1n) is 5.11. The molecule has 0 radical (unpaired) electrons. The van der Waals surface area contributed by atoms with Gasteiger partial charge in [-0.05, 0) is 6.07 Å². The summed E-state index contributed by atoms with van der Waals surface area (Å²) in [6.45, 7) is 0. The number of nitriles is 1. The van der Waals surface area contributed by atoms with Crippen LogP contribution >= 0.6 is 0 Å². The predicted octanol–water partition coefficient (Wildman–Crippen LogP) is 2.21. The van der Waals surface area contributed by atoms with Crippen LogP contribution in [0.1, 0.15) is 21.6 Å². The zero-order valence-electron chi connectivity index (χ0n) is 9.60. The van der Waals surface area contributed by atoms with E-state index in [1.54, 1.807) is 6.07 Å². The zero-order chi connectivity index (χ0) is 14.8. The number of halogens is 3. The second kappa shape index (κ2) is 5.00. The van der Waals surface area contributed by atoms with Crippen LogP contribution in [0, 0.1) is 11.3 Å². The number of carbonyl (C=O) groups is 1. The second-order valence-corrected chi connectivity index (χ2v) is 3.56. The highest BCUT2D eigenvalue weighted by Gasteiger charge is 2.35. The highest BCUT2D eigenvalue weighted by molar-refractivity contribution is 6.04. The zero-order valence-corrected chi connectivity index (χ0v) is 9.60. The summed E-state index contributed by atoms with van der Waals surface area (Å²) in [6, 6.07) is 3.42. The fraction of sp³-hybridized carbons (Fsp3) is 0.0909. The van der Waals surface area contributed by atoms with Crippen molar-refractivity contribution in [2.45, 2.75) is 6.18 Å². The van der Waals surface area contributed by atoms with Crippen molar-refractivity contribution in [1.29, 1.82) is 5.26 Å². The van der Waals surface area contributed by atoms with Crippen LogP contribution in [0.15, 0.2) is 29.0 Å². The minimum atomic E-state index is -4.69. The Morgan fingerprint density at radius 3 is 2.80 bits per heavy atom. The summed E-state index contributed by atoms with van der Waals surface area (Å²) in [6.07, 6.45) is -2.96. The Balaban J connectivity index is 2.28. The molecule has 0 aliphatic heterocycles. The lowest BCUT2D eigenvalue weighted by Crippen LogP contribution is -2.18. The van der Waals surface area contributed by atoms with Crippen molar-refractivity contribution >= 4 is 11.8 Å². The molecule has 1 N–H and O–H groups in total. The third-order valence-electron chi connectivity index (χ3n) is 2.23. The first-order valence-corrected chi connectivity index (χ1v) is 5.11. The fourth-order valence-electron chi connectivity index (χ4n) is 1.39. The van der Waals surface area contributed by atoms with Gasteiger partial charge in [-0.15, -0.1) is 0 Å². The molecule has 2 aromatic rings. The molecular formula is C11H5F3N4O2. The molecule has 6 nitrogen and oxygen atoms in total. The summed E-state index contributed by atoms with van der Waals surface area (Å²) in [7, 11) is 0. The van der Waals surface area contributed by atoms with Crippen molar-refractivity contribution in [1.82, 2.24) is 10.1 Å². The van der Waals surface area contributed by atoms with Gasteiger partial charge in [0, 0.05) is 18.5 Å². The van der Waals surface area contributed by atoms with E-state index in [-0.39, 0.29) is 11.6 Å². The largest absolute Gasteiger partial charge is 0.417 e. The van der Waals surface area contributed by atoms with Crippen molar-refractivity contribution in [3.8, 4) is 6.07 Å². The summed E-state index contributed by atoms with van der Waals surface area (Å²) >= 11 is 0. The molecule has 2 rings (SSSR count). The average Bonchev–Trinajstić information content (AvgIpc) is 2.85. The molecule has 2 aromatic heterocycles. The molecule has 0 aromatic carbocycles. The number of aromatic nitrogens is 2. The average molecular weight is 282 g/mol. The smallest absolute Gasteiger partial charge is 0.337 e. The van der Waals surface area contributed by atoms with Gasteiger partial charge in [-0.1, -0.05) is 5.16 Å². The van der Waals surface area contributed by atoms with Crippen LogP contribution in [-0.4, -0.2) is 16.0 Å². The molecule has 0 fully saturated rings. The Hall–Kier alpha value is -2.89. The number of hydrogen-bond donors (Lipinski definition) is 1. The minimum Gasteiger partial charge on any atom is -0.337 e. The van der Waals surface area contributed by atoms with E-state index in [9.17, 15) is 18.0 Å². The monoisotopic (exact) mass is 282 g/mol. The van der Waals surface area contributed by atoms with E-state index in [2.05, 4.69) is 20.0 Å². The van der Waals surface area contributed by atoms with Crippen molar-refractivity contribution in [3.63, 3.8) is 0 Å². The molecule has 2 heterocycles. The van der Waals surface area contributed by atoms with E-state index in [1.165, 1.54) is 0 Å². The predicted molar refractivity (Wildman–Crippen MR) is 58.4 cm³/mol. The Morgan fingerprint density at radius 2 is 2.20 bits per heavy atom. The number of rotatable bonds is 2. The minimum absolute atomic E-state index is 0.109. The lowest BCUT2D eigenvalue weighted by atomic mass is 10.1. The number of carbonyl (C=O) groups excluding carboxylic acids is 1. The molecule has 0 atom stereocenters. The van der Waals surface area contributed by atoms with Crippen LogP contribution in [0.25, 0.3) is 0 Å². The van der Waals surface area contributed by atoms with E-state index in [1.807, 2.05) is 0 Å². The van der Waals surface area contributed by atoms with Crippen LogP contribution in [0.3, 0.4) is 0 Å². The SMILES string of the molecule is N#Cc1cc(NC(=O)c2cnccc2C(F)(F)F)on1. The number of amides is 1. The van der Waals surface area contributed by atoms with Crippen LogP contribution in [0.2, 0.25) is 0 Å².